The predicted octanol–water partition coefficient (Wildman–Crippen LogP) is 3.43. The van der Waals surface area contributed by atoms with Gasteiger partial charge in [-0.2, -0.15) is 0 Å². The molecule has 1 N–H and O–H groups in total. The van der Waals surface area contributed by atoms with E-state index in [1.165, 1.54) is 6.07 Å². The number of hydrogen-bond acceptors (Lipinski definition) is 1. The highest BCUT2D eigenvalue weighted by atomic mass is 35.5. The van der Waals surface area contributed by atoms with E-state index in [0.717, 1.165) is 12.0 Å². The highest BCUT2D eigenvalue weighted by Gasteiger charge is 2.49. The van der Waals surface area contributed by atoms with Gasteiger partial charge in [0.1, 0.15) is 5.82 Å². The summed E-state index contributed by atoms with van der Waals surface area (Å²) in [6.45, 7) is 4.30. The second-order valence-corrected chi connectivity index (χ2v) is 5.73. The van der Waals surface area contributed by atoms with Gasteiger partial charge in [0, 0.05) is 0 Å². The topological polar surface area (TPSA) is 20.2 Å². The van der Waals surface area contributed by atoms with E-state index in [-0.39, 0.29) is 16.5 Å². The minimum atomic E-state index is -0.411. The van der Waals surface area contributed by atoms with E-state index in [1.807, 2.05) is 0 Å². The molecule has 0 aliphatic heterocycles. The zero-order valence-corrected chi connectivity index (χ0v) is 10.3. The summed E-state index contributed by atoms with van der Waals surface area (Å²) >= 11 is 5.69. The summed E-state index contributed by atoms with van der Waals surface area (Å²) in [5.74, 6) is -0.0528. The Morgan fingerprint density at radius 1 is 1.56 bits per heavy atom. The standard InChI is InChI=1S/C13H16ClFO/c1-13(2)7-9(13)12(16)6-8-3-4-11(15)10(14)5-8/h3-5,9,12,16H,6-7H2,1-2H3. The molecular formula is C13H16ClFO. The van der Waals surface area contributed by atoms with Gasteiger partial charge in [0.05, 0.1) is 11.1 Å². The van der Waals surface area contributed by atoms with Gasteiger partial charge in [-0.25, -0.2) is 4.39 Å². The van der Waals surface area contributed by atoms with Crippen LogP contribution in [-0.4, -0.2) is 11.2 Å². The number of hydrogen-bond donors (Lipinski definition) is 1. The lowest BCUT2D eigenvalue weighted by molar-refractivity contribution is 0.137. The highest BCUT2D eigenvalue weighted by Crippen LogP contribution is 2.54. The summed E-state index contributed by atoms with van der Waals surface area (Å²) in [5.41, 5.74) is 1.14. The van der Waals surface area contributed by atoms with Gasteiger partial charge in [-0.3, -0.25) is 0 Å². The van der Waals surface area contributed by atoms with Crippen molar-refractivity contribution in [3.63, 3.8) is 0 Å². The molecule has 0 spiro atoms. The summed E-state index contributed by atoms with van der Waals surface area (Å²) in [5, 5.41) is 10.1. The van der Waals surface area contributed by atoms with Gasteiger partial charge >= 0.3 is 0 Å². The second kappa shape index (κ2) is 4.01. The first-order chi connectivity index (χ1) is 7.40. The Labute approximate surface area is 100 Å². The Balaban J connectivity index is 2.02. The maximum Gasteiger partial charge on any atom is 0.141 e. The van der Waals surface area contributed by atoms with Crippen molar-refractivity contribution in [2.24, 2.45) is 11.3 Å². The van der Waals surface area contributed by atoms with Crippen molar-refractivity contribution in [1.82, 2.24) is 0 Å². The number of halogens is 2. The van der Waals surface area contributed by atoms with Crippen molar-refractivity contribution < 1.29 is 9.50 Å². The third-order valence-corrected chi connectivity index (χ3v) is 3.77. The third-order valence-electron chi connectivity index (χ3n) is 3.48. The molecule has 1 aromatic rings. The molecule has 2 rings (SSSR count). The Morgan fingerprint density at radius 2 is 2.19 bits per heavy atom. The highest BCUT2D eigenvalue weighted by molar-refractivity contribution is 6.30. The third kappa shape index (κ3) is 2.38. The Morgan fingerprint density at radius 3 is 2.69 bits per heavy atom. The molecule has 2 atom stereocenters. The summed E-state index contributed by atoms with van der Waals surface area (Å²) in [7, 11) is 0. The molecule has 2 unspecified atom stereocenters. The summed E-state index contributed by atoms with van der Waals surface area (Å²) < 4.78 is 12.9. The van der Waals surface area contributed by atoms with Crippen LogP contribution < -0.4 is 0 Å². The Bertz CT molecular complexity index is 403. The molecule has 0 radical (unpaired) electrons. The van der Waals surface area contributed by atoms with E-state index in [0.29, 0.717) is 12.3 Å². The minimum Gasteiger partial charge on any atom is -0.392 e. The number of benzene rings is 1. The van der Waals surface area contributed by atoms with Crippen LogP contribution in [0.4, 0.5) is 4.39 Å². The van der Waals surface area contributed by atoms with Crippen LogP contribution >= 0.6 is 11.6 Å². The first-order valence-electron chi connectivity index (χ1n) is 5.52. The molecule has 1 aliphatic rings. The van der Waals surface area contributed by atoms with E-state index in [4.69, 9.17) is 11.6 Å². The molecule has 3 heteroatoms. The van der Waals surface area contributed by atoms with Gasteiger partial charge < -0.3 is 5.11 Å². The molecular weight excluding hydrogens is 227 g/mol. The SMILES string of the molecule is CC1(C)CC1C(O)Cc1ccc(F)c(Cl)c1. The molecule has 88 valence electrons. The van der Waals surface area contributed by atoms with Crippen LogP contribution in [0.25, 0.3) is 0 Å². The molecule has 1 aliphatic carbocycles. The molecule has 1 nitrogen and oxygen atoms in total. The lowest BCUT2D eigenvalue weighted by Gasteiger charge is -2.12. The molecule has 1 saturated carbocycles. The van der Waals surface area contributed by atoms with Gasteiger partial charge in [-0.15, -0.1) is 0 Å². The first-order valence-corrected chi connectivity index (χ1v) is 5.90. The van der Waals surface area contributed by atoms with Gasteiger partial charge in [0.2, 0.25) is 0 Å². The largest absolute Gasteiger partial charge is 0.392 e. The molecule has 0 amide bonds. The van der Waals surface area contributed by atoms with E-state index in [2.05, 4.69) is 13.8 Å². The molecule has 0 aromatic heterocycles. The fourth-order valence-corrected chi connectivity index (χ4v) is 2.42. The zero-order valence-electron chi connectivity index (χ0n) is 9.50. The van der Waals surface area contributed by atoms with Crippen LogP contribution in [0.15, 0.2) is 18.2 Å². The number of aliphatic hydroxyl groups excluding tert-OH is 1. The van der Waals surface area contributed by atoms with Crippen molar-refractivity contribution in [2.45, 2.75) is 32.8 Å². The second-order valence-electron chi connectivity index (χ2n) is 5.32. The van der Waals surface area contributed by atoms with Crippen LogP contribution in [0, 0.1) is 17.2 Å². The maximum atomic E-state index is 12.9. The fraction of sp³-hybridized carbons (Fsp3) is 0.538. The number of aliphatic hydroxyl groups is 1. The molecule has 1 aromatic carbocycles. The molecule has 0 bridgehead atoms. The van der Waals surface area contributed by atoms with E-state index < -0.39 is 5.82 Å². The van der Waals surface area contributed by atoms with Crippen molar-refractivity contribution in [3.8, 4) is 0 Å². The van der Waals surface area contributed by atoms with Gasteiger partial charge in [-0.1, -0.05) is 31.5 Å². The Hall–Kier alpha value is -0.600. The monoisotopic (exact) mass is 242 g/mol. The average Bonchev–Trinajstić information content (AvgIpc) is 2.82. The van der Waals surface area contributed by atoms with Crippen LogP contribution in [-0.2, 0) is 6.42 Å². The zero-order chi connectivity index (χ0) is 11.9. The molecule has 1 fully saturated rings. The van der Waals surface area contributed by atoms with E-state index in [9.17, 15) is 9.50 Å². The van der Waals surface area contributed by atoms with Crippen molar-refractivity contribution in [1.29, 1.82) is 0 Å². The summed E-state index contributed by atoms with van der Waals surface area (Å²) in [4.78, 5) is 0. The number of rotatable bonds is 3. The fourth-order valence-electron chi connectivity index (χ4n) is 2.22. The minimum absolute atomic E-state index is 0.125. The molecule has 0 saturated heterocycles. The predicted molar refractivity (Wildman–Crippen MR) is 63.0 cm³/mol. The maximum absolute atomic E-state index is 12.9. The lowest BCUT2D eigenvalue weighted by atomic mass is 10.00. The smallest absolute Gasteiger partial charge is 0.141 e. The van der Waals surface area contributed by atoms with Crippen LogP contribution in [0.2, 0.25) is 5.02 Å². The average molecular weight is 243 g/mol. The van der Waals surface area contributed by atoms with Crippen molar-refractivity contribution in [3.05, 3.63) is 34.6 Å². The van der Waals surface area contributed by atoms with Gasteiger partial charge in [0.25, 0.3) is 0 Å². The Kier molecular flexibility index (Phi) is 2.97. The van der Waals surface area contributed by atoms with Gasteiger partial charge in [-0.05, 0) is 41.9 Å². The quantitative estimate of drug-likeness (QED) is 0.861. The normalized spacial score (nSPS) is 24.2. The van der Waals surface area contributed by atoms with E-state index in [1.54, 1.807) is 12.1 Å². The lowest BCUT2D eigenvalue weighted by Crippen LogP contribution is -2.16. The first kappa shape index (κ1) is 11.9. The van der Waals surface area contributed by atoms with Crippen LogP contribution in [0.1, 0.15) is 25.8 Å². The summed E-state index contributed by atoms with van der Waals surface area (Å²) in [6, 6.07) is 4.62. The van der Waals surface area contributed by atoms with Gasteiger partial charge in [0.15, 0.2) is 0 Å². The van der Waals surface area contributed by atoms with Crippen molar-refractivity contribution in [2.75, 3.05) is 0 Å². The summed E-state index contributed by atoms with van der Waals surface area (Å²) in [6.07, 6.45) is 1.26. The van der Waals surface area contributed by atoms with E-state index >= 15 is 0 Å². The van der Waals surface area contributed by atoms with Crippen LogP contribution in [0.5, 0.6) is 0 Å². The van der Waals surface area contributed by atoms with Crippen molar-refractivity contribution >= 4 is 11.6 Å². The van der Waals surface area contributed by atoms with Crippen LogP contribution in [0.3, 0.4) is 0 Å². The molecule has 0 heterocycles. The molecule has 16 heavy (non-hydrogen) atoms.